The number of carbonyl (C=O) groups is 1. The van der Waals surface area contributed by atoms with Crippen LogP contribution in [-0.4, -0.2) is 59.5 Å². The predicted molar refractivity (Wildman–Crippen MR) is 56.5 cm³/mol. The molecule has 6 heteroatoms. The number of methoxy groups -OCH3 is 2. The molecule has 0 bridgehead atoms. The molecule has 1 fully saturated rings. The summed E-state index contributed by atoms with van der Waals surface area (Å²) in [5.74, 6) is 0. The summed E-state index contributed by atoms with van der Waals surface area (Å²) >= 11 is 0. The van der Waals surface area contributed by atoms with Gasteiger partial charge in [-0.15, -0.1) is 0 Å². The van der Waals surface area contributed by atoms with Gasteiger partial charge in [-0.25, -0.2) is 4.79 Å². The Bertz CT molecular complexity index is 167. The average molecular weight is 236 g/mol. The highest BCUT2D eigenvalue weighted by Crippen LogP contribution is 2.02. The van der Waals surface area contributed by atoms with Crippen LogP contribution in [0.15, 0.2) is 0 Å². The van der Waals surface area contributed by atoms with Gasteiger partial charge in [0, 0.05) is 14.2 Å². The molecule has 0 aromatic heterocycles. The predicted octanol–water partition coefficient (Wildman–Crippen LogP) is 0.837. The molecule has 1 aliphatic heterocycles. The van der Waals surface area contributed by atoms with Gasteiger partial charge >= 0.3 is 6.16 Å². The molecule has 0 N–H and O–H groups in total. The molecule has 1 saturated heterocycles. The molecule has 0 radical (unpaired) electrons. The first kappa shape index (κ1) is 15.2. The number of rotatable bonds is 6. The monoisotopic (exact) mass is 236 g/mol. The van der Waals surface area contributed by atoms with Crippen molar-refractivity contribution in [3.05, 3.63) is 0 Å². The normalized spacial score (nSPS) is 18.4. The van der Waals surface area contributed by atoms with Crippen molar-refractivity contribution in [2.24, 2.45) is 0 Å². The summed E-state index contributed by atoms with van der Waals surface area (Å²) < 4.78 is 23.5. The van der Waals surface area contributed by atoms with Crippen molar-refractivity contribution in [1.29, 1.82) is 0 Å². The third kappa shape index (κ3) is 9.70. The van der Waals surface area contributed by atoms with Crippen LogP contribution in [0.3, 0.4) is 0 Å². The van der Waals surface area contributed by atoms with Crippen molar-refractivity contribution >= 4 is 6.16 Å². The van der Waals surface area contributed by atoms with Gasteiger partial charge in [0.05, 0.1) is 26.4 Å². The second kappa shape index (κ2) is 10.7. The Morgan fingerprint density at radius 3 is 2.00 bits per heavy atom. The van der Waals surface area contributed by atoms with E-state index in [4.69, 9.17) is 14.2 Å². The number of hydrogen-bond acceptors (Lipinski definition) is 6. The lowest BCUT2D eigenvalue weighted by Crippen LogP contribution is -2.06. The minimum atomic E-state index is -0.549. The van der Waals surface area contributed by atoms with E-state index < -0.39 is 6.16 Å². The molecular weight excluding hydrogens is 216 g/mol. The van der Waals surface area contributed by atoms with Crippen molar-refractivity contribution in [2.75, 3.05) is 47.3 Å². The molecule has 16 heavy (non-hydrogen) atoms. The van der Waals surface area contributed by atoms with Crippen molar-refractivity contribution in [3.63, 3.8) is 0 Å². The maximum Gasteiger partial charge on any atom is 0.508 e. The van der Waals surface area contributed by atoms with E-state index in [9.17, 15) is 4.79 Å². The molecule has 1 heterocycles. The largest absolute Gasteiger partial charge is 0.508 e. The maximum absolute atomic E-state index is 10.0. The molecule has 0 saturated carbocycles. The van der Waals surface area contributed by atoms with Crippen molar-refractivity contribution in [1.82, 2.24) is 0 Å². The topological polar surface area (TPSA) is 63.2 Å². The van der Waals surface area contributed by atoms with Crippen LogP contribution in [0, 0.1) is 0 Å². The van der Waals surface area contributed by atoms with Gasteiger partial charge in [0.15, 0.2) is 0 Å². The van der Waals surface area contributed by atoms with Gasteiger partial charge in [-0.2, -0.15) is 0 Å². The zero-order valence-corrected chi connectivity index (χ0v) is 10.1. The standard InChI is InChI=1S/C6H14O3.C4H6O3/c1-7-3-5-9-6-4-8-2;1-3-2-6-4(5)7-3/h3-6H2,1-2H3;3H,2H2,1H3. The van der Waals surface area contributed by atoms with Crippen LogP contribution in [-0.2, 0) is 23.7 Å². The maximum atomic E-state index is 10.0. The Labute approximate surface area is 95.8 Å². The van der Waals surface area contributed by atoms with Crippen LogP contribution in [0.2, 0.25) is 0 Å². The summed E-state index contributed by atoms with van der Waals surface area (Å²) in [5.41, 5.74) is 0. The summed E-state index contributed by atoms with van der Waals surface area (Å²) in [5, 5.41) is 0. The summed E-state index contributed by atoms with van der Waals surface area (Å²) in [6, 6.07) is 0. The van der Waals surface area contributed by atoms with Crippen molar-refractivity contribution < 1.29 is 28.5 Å². The molecule has 1 atom stereocenters. The fourth-order valence-corrected chi connectivity index (χ4v) is 0.804. The first-order valence-corrected chi connectivity index (χ1v) is 5.09. The highest BCUT2D eigenvalue weighted by atomic mass is 16.8. The minimum Gasteiger partial charge on any atom is -0.430 e. The molecule has 0 aromatic carbocycles. The number of ether oxygens (including phenoxy) is 5. The van der Waals surface area contributed by atoms with E-state index in [0.29, 0.717) is 33.0 Å². The van der Waals surface area contributed by atoms with Gasteiger partial charge in [-0.1, -0.05) is 0 Å². The van der Waals surface area contributed by atoms with Crippen molar-refractivity contribution in [2.45, 2.75) is 13.0 Å². The van der Waals surface area contributed by atoms with Gasteiger partial charge in [0.1, 0.15) is 12.7 Å². The van der Waals surface area contributed by atoms with Crippen LogP contribution >= 0.6 is 0 Å². The van der Waals surface area contributed by atoms with E-state index in [0.717, 1.165) is 0 Å². The smallest absolute Gasteiger partial charge is 0.430 e. The minimum absolute atomic E-state index is 0.0486. The molecule has 0 aliphatic carbocycles. The molecule has 96 valence electrons. The molecule has 1 aliphatic rings. The molecule has 6 nitrogen and oxygen atoms in total. The van der Waals surface area contributed by atoms with Crippen molar-refractivity contribution in [3.8, 4) is 0 Å². The molecule has 1 unspecified atom stereocenters. The van der Waals surface area contributed by atoms with E-state index in [1.54, 1.807) is 21.1 Å². The molecular formula is C10H20O6. The van der Waals surface area contributed by atoms with Crippen LogP contribution in [0.1, 0.15) is 6.92 Å². The Balaban J connectivity index is 0.000000288. The van der Waals surface area contributed by atoms with E-state index in [1.807, 2.05) is 0 Å². The fraction of sp³-hybridized carbons (Fsp3) is 0.900. The quantitative estimate of drug-likeness (QED) is 0.503. The molecule has 1 rings (SSSR count). The summed E-state index contributed by atoms with van der Waals surface area (Å²) in [7, 11) is 3.30. The van der Waals surface area contributed by atoms with Gasteiger partial charge < -0.3 is 23.7 Å². The summed E-state index contributed by atoms with van der Waals surface area (Å²) in [4.78, 5) is 10.0. The second-order valence-corrected chi connectivity index (χ2v) is 3.09. The Hall–Kier alpha value is -0.850. The zero-order valence-electron chi connectivity index (χ0n) is 10.1. The van der Waals surface area contributed by atoms with Crippen LogP contribution < -0.4 is 0 Å². The van der Waals surface area contributed by atoms with Crippen LogP contribution in [0.5, 0.6) is 0 Å². The summed E-state index contributed by atoms with van der Waals surface area (Å²) in [6.45, 7) is 4.80. The van der Waals surface area contributed by atoms with Crippen LogP contribution in [0.25, 0.3) is 0 Å². The van der Waals surface area contributed by atoms with Gasteiger partial charge in [-0.05, 0) is 6.92 Å². The van der Waals surface area contributed by atoms with E-state index in [1.165, 1.54) is 0 Å². The van der Waals surface area contributed by atoms with Crippen LogP contribution in [0.4, 0.5) is 4.79 Å². The number of carbonyl (C=O) groups excluding carboxylic acids is 1. The summed E-state index contributed by atoms with van der Waals surface area (Å²) in [6.07, 6.45) is -0.597. The van der Waals surface area contributed by atoms with Gasteiger partial charge in [-0.3, -0.25) is 0 Å². The van der Waals surface area contributed by atoms with E-state index in [-0.39, 0.29) is 6.10 Å². The van der Waals surface area contributed by atoms with Gasteiger partial charge in [0.25, 0.3) is 0 Å². The average Bonchev–Trinajstić information content (AvgIpc) is 2.63. The second-order valence-electron chi connectivity index (χ2n) is 3.09. The lowest BCUT2D eigenvalue weighted by Gasteiger charge is -2.00. The Morgan fingerprint density at radius 1 is 1.19 bits per heavy atom. The SMILES string of the molecule is CC1COC(=O)O1.COCCOCCOC. The number of cyclic esters (lactones) is 2. The third-order valence-electron chi connectivity index (χ3n) is 1.60. The molecule has 0 amide bonds. The molecule has 0 aromatic rings. The third-order valence-corrected chi connectivity index (χ3v) is 1.60. The zero-order chi connectivity index (χ0) is 12.2. The lowest BCUT2D eigenvalue weighted by molar-refractivity contribution is 0.0385. The van der Waals surface area contributed by atoms with Gasteiger partial charge in [0.2, 0.25) is 0 Å². The Kier molecular flexibility index (Phi) is 10.1. The first-order chi connectivity index (χ1) is 7.70. The number of hydrogen-bond donors (Lipinski definition) is 0. The lowest BCUT2D eigenvalue weighted by atomic mass is 10.5. The van der Waals surface area contributed by atoms with E-state index >= 15 is 0 Å². The van der Waals surface area contributed by atoms with E-state index in [2.05, 4.69) is 9.47 Å². The highest BCUT2D eigenvalue weighted by Gasteiger charge is 2.19. The first-order valence-electron chi connectivity index (χ1n) is 5.09. The fourth-order valence-electron chi connectivity index (χ4n) is 0.804. The molecule has 0 spiro atoms. The Morgan fingerprint density at radius 2 is 1.75 bits per heavy atom. The highest BCUT2D eigenvalue weighted by molar-refractivity contribution is 5.61.